The van der Waals surface area contributed by atoms with Crippen molar-refractivity contribution in [3.05, 3.63) is 47.5 Å². The molecule has 0 saturated carbocycles. The van der Waals surface area contributed by atoms with E-state index in [1.54, 1.807) is 31.2 Å². The zero-order valence-corrected chi connectivity index (χ0v) is 15.0. The summed E-state index contributed by atoms with van der Waals surface area (Å²) in [6.07, 6.45) is 4.87. The number of aromatic nitrogens is 2. The van der Waals surface area contributed by atoms with Crippen LogP contribution in [-0.4, -0.2) is 29.0 Å². The normalized spacial score (nSPS) is 14.1. The number of nitrogens with one attached hydrogen (secondary N) is 1. The van der Waals surface area contributed by atoms with Crippen LogP contribution in [-0.2, 0) is 0 Å². The molecule has 1 saturated heterocycles. The molecule has 27 heavy (non-hydrogen) atoms. The van der Waals surface area contributed by atoms with E-state index >= 15 is 0 Å². The van der Waals surface area contributed by atoms with E-state index in [1.165, 1.54) is 12.7 Å². The van der Waals surface area contributed by atoms with E-state index in [2.05, 4.69) is 26.3 Å². The lowest BCUT2D eigenvalue weighted by Crippen LogP contribution is -2.30. The summed E-state index contributed by atoms with van der Waals surface area (Å²) >= 11 is 0. The number of hydrogen-bond acceptors (Lipinski definition) is 6. The van der Waals surface area contributed by atoms with Crippen LogP contribution in [0.1, 0.15) is 40.9 Å². The third kappa shape index (κ3) is 3.10. The number of carbonyl (C=O) groups excluding carboxylic acids is 1. The van der Waals surface area contributed by atoms with Crippen LogP contribution in [0.5, 0.6) is 0 Å². The lowest BCUT2D eigenvalue weighted by atomic mass is 10.1. The minimum atomic E-state index is -0.331. The Labute approximate surface area is 156 Å². The first kappa shape index (κ1) is 17.0. The van der Waals surface area contributed by atoms with Crippen LogP contribution in [0.15, 0.2) is 35.0 Å². The molecule has 1 N–H and O–H groups in total. The number of anilines is 2. The smallest absolute Gasteiger partial charge is 0.260 e. The lowest BCUT2D eigenvalue weighted by molar-refractivity contribution is 0.102. The van der Waals surface area contributed by atoms with Crippen molar-refractivity contribution in [1.82, 2.24) is 9.97 Å². The van der Waals surface area contributed by atoms with Crippen molar-refractivity contribution in [2.45, 2.75) is 26.2 Å². The van der Waals surface area contributed by atoms with Gasteiger partial charge in [0, 0.05) is 13.1 Å². The van der Waals surface area contributed by atoms with Gasteiger partial charge >= 0.3 is 0 Å². The number of piperidine rings is 1. The minimum Gasteiger partial charge on any atom is -0.442 e. The number of furan rings is 1. The molecule has 136 valence electrons. The highest BCUT2D eigenvalue weighted by Gasteiger charge is 2.26. The molecule has 1 amide bonds. The summed E-state index contributed by atoms with van der Waals surface area (Å²) < 4.78 is 5.74. The van der Waals surface area contributed by atoms with Gasteiger partial charge < -0.3 is 14.6 Å². The number of aryl methyl sites for hydroxylation is 1. The van der Waals surface area contributed by atoms with Crippen LogP contribution in [0.2, 0.25) is 0 Å². The van der Waals surface area contributed by atoms with Crippen molar-refractivity contribution >= 4 is 28.5 Å². The number of amides is 1. The molecule has 1 aromatic carbocycles. The van der Waals surface area contributed by atoms with Crippen molar-refractivity contribution < 1.29 is 9.21 Å². The molecule has 1 aliphatic rings. The maximum absolute atomic E-state index is 13.1. The first-order chi connectivity index (χ1) is 13.2. The van der Waals surface area contributed by atoms with Crippen molar-refractivity contribution in [2.24, 2.45) is 0 Å². The number of para-hydroxylation sites is 1. The molecule has 2 aromatic heterocycles. The third-order valence-electron chi connectivity index (χ3n) is 4.82. The van der Waals surface area contributed by atoms with Crippen LogP contribution in [0.3, 0.4) is 0 Å². The van der Waals surface area contributed by atoms with E-state index in [4.69, 9.17) is 4.42 Å². The molecule has 3 aromatic rings. The number of nitrogens with zero attached hydrogens (tertiary/aromatic N) is 4. The molecule has 0 radical (unpaired) electrons. The van der Waals surface area contributed by atoms with Gasteiger partial charge in [-0.05, 0) is 38.3 Å². The van der Waals surface area contributed by atoms with E-state index in [9.17, 15) is 10.1 Å². The zero-order valence-electron chi connectivity index (χ0n) is 15.0. The zero-order chi connectivity index (χ0) is 18.8. The molecule has 0 bridgehead atoms. The van der Waals surface area contributed by atoms with Crippen molar-refractivity contribution in [3.8, 4) is 6.07 Å². The van der Waals surface area contributed by atoms with E-state index in [1.807, 2.05) is 0 Å². The summed E-state index contributed by atoms with van der Waals surface area (Å²) in [5.74, 6) is 0.882. The first-order valence-electron chi connectivity index (χ1n) is 8.98. The first-order valence-corrected chi connectivity index (χ1v) is 8.98. The summed E-state index contributed by atoms with van der Waals surface area (Å²) in [5, 5.41) is 12.7. The summed E-state index contributed by atoms with van der Waals surface area (Å²) in [5.41, 5.74) is 1.69. The molecule has 0 spiro atoms. The Morgan fingerprint density at radius 3 is 2.78 bits per heavy atom. The molecule has 7 nitrogen and oxygen atoms in total. The van der Waals surface area contributed by atoms with Gasteiger partial charge in [0.05, 0.1) is 22.2 Å². The number of hydrogen-bond donors (Lipinski definition) is 1. The average molecular weight is 361 g/mol. The van der Waals surface area contributed by atoms with Gasteiger partial charge in [-0.15, -0.1) is 0 Å². The molecule has 3 heterocycles. The molecule has 0 aliphatic carbocycles. The molecule has 1 aliphatic heterocycles. The molecule has 0 atom stereocenters. The highest BCUT2D eigenvalue weighted by atomic mass is 16.3. The fourth-order valence-corrected chi connectivity index (χ4v) is 3.52. The summed E-state index contributed by atoms with van der Waals surface area (Å²) in [6.45, 7) is 3.54. The highest BCUT2D eigenvalue weighted by Crippen LogP contribution is 2.33. The van der Waals surface area contributed by atoms with Crippen molar-refractivity contribution in [3.63, 3.8) is 0 Å². The average Bonchev–Trinajstić information content (AvgIpc) is 3.05. The molecule has 4 rings (SSSR count). The summed E-state index contributed by atoms with van der Waals surface area (Å²) in [4.78, 5) is 23.9. The molecular weight excluding hydrogens is 342 g/mol. The number of nitriles is 1. The number of carbonyl (C=O) groups is 1. The topological polar surface area (TPSA) is 95.1 Å². The van der Waals surface area contributed by atoms with E-state index < -0.39 is 0 Å². The summed E-state index contributed by atoms with van der Waals surface area (Å²) in [6, 6.07) is 9.00. The Morgan fingerprint density at radius 2 is 2.00 bits per heavy atom. The van der Waals surface area contributed by atoms with Gasteiger partial charge in [-0.2, -0.15) is 5.26 Å². The van der Waals surface area contributed by atoms with Gasteiger partial charge in [-0.3, -0.25) is 4.79 Å². The van der Waals surface area contributed by atoms with Crippen LogP contribution in [0, 0.1) is 18.3 Å². The van der Waals surface area contributed by atoms with Gasteiger partial charge in [0.1, 0.15) is 24.0 Å². The van der Waals surface area contributed by atoms with Gasteiger partial charge in [0.15, 0.2) is 0 Å². The Morgan fingerprint density at radius 1 is 1.22 bits per heavy atom. The number of rotatable bonds is 3. The standard InChI is InChI=1S/C20H19N5O2/c1-13-16(19(26)24-15-8-4-3-7-14(15)11-21)17-18(22-12-23-20(17)27-13)25-9-5-2-6-10-25/h3-4,7-8,12H,2,5-6,9-10H2,1H3,(H,24,26). The largest absolute Gasteiger partial charge is 0.442 e. The Hall–Kier alpha value is -3.40. The molecule has 0 unspecified atom stereocenters. The van der Waals surface area contributed by atoms with Crippen LogP contribution in [0.4, 0.5) is 11.5 Å². The van der Waals surface area contributed by atoms with E-state index in [0.29, 0.717) is 33.7 Å². The predicted octanol–water partition coefficient (Wildman–Crippen LogP) is 3.65. The second-order valence-electron chi connectivity index (χ2n) is 6.57. The van der Waals surface area contributed by atoms with Crippen LogP contribution >= 0.6 is 0 Å². The van der Waals surface area contributed by atoms with Crippen molar-refractivity contribution in [1.29, 1.82) is 5.26 Å². The highest BCUT2D eigenvalue weighted by molar-refractivity contribution is 6.15. The van der Waals surface area contributed by atoms with Gasteiger partial charge in [-0.1, -0.05) is 12.1 Å². The molecule has 7 heteroatoms. The molecule has 1 fully saturated rings. The van der Waals surface area contributed by atoms with E-state index in [-0.39, 0.29) is 5.91 Å². The third-order valence-corrected chi connectivity index (χ3v) is 4.82. The lowest BCUT2D eigenvalue weighted by Gasteiger charge is -2.28. The second-order valence-corrected chi connectivity index (χ2v) is 6.57. The predicted molar refractivity (Wildman–Crippen MR) is 102 cm³/mol. The summed E-state index contributed by atoms with van der Waals surface area (Å²) in [7, 11) is 0. The van der Waals surface area contributed by atoms with Gasteiger partial charge in [0.25, 0.3) is 5.91 Å². The Kier molecular flexibility index (Phi) is 4.47. The monoisotopic (exact) mass is 361 g/mol. The van der Waals surface area contributed by atoms with Crippen molar-refractivity contribution in [2.75, 3.05) is 23.3 Å². The van der Waals surface area contributed by atoms with Gasteiger partial charge in [-0.25, -0.2) is 9.97 Å². The second kappa shape index (κ2) is 7.08. The maximum atomic E-state index is 13.1. The van der Waals surface area contributed by atoms with Crippen LogP contribution in [0.25, 0.3) is 11.1 Å². The number of fused-ring (bicyclic) bond motifs is 1. The number of benzene rings is 1. The fourth-order valence-electron chi connectivity index (χ4n) is 3.52. The van der Waals surface area contributed by atoms with Crippen LogP contribution < -0.4 is 10.2 Å². The van der Waals surface area contributed by atoms with Gasteiger partial charge in [0.2, 0.25) is 5.71 Å². The quantitative estimate of drug-likeness (QED) is 0.765. The fraction of sp³-hybridized carbons (Fsp3) is 0.300. The molecular formula is C20H19N5O2. The minimum absolute atomic E-state index is 0.331. The maximum Gasteiger partial charge on any atom is 0.260 e. The van der Waals surface area contributed by atoms with E-state index in [0.717, 1.165) is 31.7 Å². The SMILES string of the molecule is Cc1oc2ncnc(N3CCCCC3)c2c1C(=O)Nc1ccccc1C#N. The Balaban J connectivity index is 1.78. The Bertz CT molecular complexity index is 1040.